The Morgan fingerprint density at radius 2 is 1.73 bits per heavy atom. The molecule has 30 heavy (non-hydrogen) atoms. The Hall–Kier alpha value is -1.64. The largest absolute Gasteiger partial charge is 0.458 e. The molecule has 0 radical (unpaired) electrons. The summed E-state index contributed by atoms with van der Waals surface area (Å²) in [7, 11) is 0. The van der Waals surface area contributed by atoms with Crippen LogP contribution >= 0.6 is 0 Å². The van der Waals surface area contributed by atoms with Crippen molar-refractivity contribution in [3.8, 4) is 0 Å². The zero-order chi connectivity index (χ0) is 21.4. The van der Waals surface area contributed by atoms with E-state index in [1.54, 1.807) is 0 Å². The van der Waals surface area contributed by atoms with Gasteiger partial charge >= 0.3 is 5.97 Å². The molecular weight excluding hydrogens is 372 g/mol. The van der Waals surface area contributed by atoms with Crippen molar-refractivity contribution in [1.29, 1.82) is 0 Å². The summed E-state index contributed by atoms with van der Waals surface area (Å²) < 4.78 is 6.27. The molecule has 0 unspecified atom stereocenters. The highest BCUT2D eigenvalue weighted by atomic mass is 16.5. The fourth-order valence-electron chi connectivity index (χ4n) is 8.57. The van der Waals surface area contributed by atoms with Crippen LogP contribution in [-0.4, -0.2) is 17.9 Å². The first-order valence-electron chi connectivity index (χ1n) is 11.9. The lowest BCUT2D eigenvalue weighted by Gasteiger charge is -2.67. The average molecular weight is 409 g/mol. The van der Waals surface area contributed by atoms with Crippen molar-refractivity contribution in [2.75, 3.05) is 0 Å². The fraction of sp³-hybridized carbons (Fsp3) is 0.704. The number of fused-ring (bicyclic) bond motifs is 2. The number of esters is 1. The first-order chi connectivity index (χ1) is 14.1. The summed E-state index contributed by atoms with van der Waals surface area (Å²) in [4.78, 5) is 26.2. The first-order valence-corrected chi connectivity index (χ1v) is 11.9. The molecule has 5 rings (SSSR count). The number of ketones is 1. The minimum atomic E-state index is -0.230. The summed E-state index contributed by atoms with van der Waals surface area (Å²) in [5, 5.41) is 0. The van der Waals surface area contributed by atoms with Crippen molar-refractivity contribution in [3.05, 3.63) is 35.9 Å². The minimum absolute atomic E-state index is 0.123. The molecule has 4 aliphatic carbocycles. The van der Waals surface area contributed by atoms with Crippen LogP contribution in [0.5, 0.6) is 0 Å². The van der Waals surface area contributed by atoms with E-state index in [4.69, 9.17) is 4.74 Å². The second kappa shape index (κ2) is 6.43. The third kappa shape index (κ3) is 2.63. The maximum atomic E-state index is 13.2. The van der Waals surface area contributed by atoms with Crippen molar-refractivity contribution in [1.82, 2.24) is 0 Å². The molecule has 3 nitrogen and oxygen atoms in total. The Balaban J connectivity index is 1.56. The smallest absolute Gasteiger partial charge is 0.338 e. The van der Waals surface area contributed by atoms with E-state index in [1.807, 2.05) is 30.3 Å². The Morgan fingerprint density at radius 3 is 2.47 bits per heavy atom. The van der Waals surface area contributed by atoms with E-state index in [9.17, 15) is 9.59 Å². The Kier molecular flexibility index (Phi) is 4.35. The van der Waals surface area contributed by atoms with Crippen LogP contribution in [0.3, 0.4) is 0 Å². The zero-order valence-corrected chi connectivity index (χ0v) is 19.0. The maximum Gasteiger partial charge on any atom is 0.338 e. The molecule has 2 bridgehead atoms. The zero-order valence-electron chi connectivity index (χ0n) is 19.0. The van der Waals surface area contributed by atoms with Gasteiger partial charge in [0.25, 0.3) is 0 Å². The van der Waals surface area contributed by atoms with Crippen LogP contribution in [0.4, 0.5) is 0 Å². The lowest BCUT2D eigenvalue weighted by Crippen LogP contribution is -2.64. The number of carbonyl (C=O) groups excluding carboxylic acids is 2. The van der Waals surface area contributed by atoms with Crippen LogP contribution in [0.1, 0.15) is 89.4 Å². The second-order valence-electron chi connectivity index (χ2n) is 12.0. The molecule has 1 aromatic carbocycles. The van der Waals surface area contributed by atoms with Gasteiger partial charge < -0.3 is 4.74 Å². The number of hydrogen-bond donors (Lipinski definition) is 0. The number of carbonyl (C=O) groups is 2. The predicted octanol–water partition coefficient (Wildman–Crippen LogP) is 6.21. The Bertz CT molecular complexity index is 873. The van der Waals surface area contributed by atoms with Gasteiger partial charge in [0.15, 0.2) is 0 Å². The third-order valence-corrected chi connectivity index (χ3v) is 10.2. The first kappa shape index (κ1) is 20.3. The van der Waals surface area contributed by atoms with E-state index in [0.717, 1.165) is 25.7 Å². The molecule has 0 amide bonds. The second-order valence-corrected chi connectivity index (χ2v) is 12.0. The van der Waals surface area contributed by atoms with Gasteiger partial charge in [-0.3, -0.25) is 4.79 Å². The van der Waals surface area contributed by atoms with Crippen LogP contribution in [0.2, 0.25) is 0 Å². The molecule has 4 saturated carbocycles. The monoisotopic (exact) mass is 408 g/mol. The molecule has 6 atom stereocenters. The number of Topliss-reactive ketones (excluding diaryl/α,β-unsaturated/α-hetero) is 1. The summed E-state index contributed by atoms with van der Waals surface area (Å²) >= 11 is 0. The number of rotatable bonds is 2. The molecule has 4 aliphatic rings. The molecule has 3 heteroatoms. The third-order valence-electron chi connectivity index (χ3n) is 10.2. The fourth-order valence-corrected chi connectivity index (χ4v) is 8.57. The summed E-state index contributed by atoms with van der Waals surface area (Å²) in [5.74, 6) is 0.868. The van der Waals surface area contributed by atoms with Crippen LogP contribution in [0, 0.1) is 33.5 Å². The van der Waals surface area contributed by atoms with Crippen LogP contribution < -0.4 is 0 Å². The highest BCUT2D eigenvalue weighted by Gasteiger charge is 2.71. The maximum absolute atomic E-state index is 13.2. The van der Waals surface area contributed by atoms with Gasteiger partial charge in [-0.25, -0.2) is 4.79 Å². The quantitative estimate of drug-likeness (QED) is 0.546. The number of ether oxygens (including phenoxy) is 1. The average Bonchev–Trinajstić information content (AvgIpc) is 3.02. The summed E-state index contributed by atoms with van der Waals surface area (Å²) in [6.07, 6.45) is 8.21. The standard InChI is InChI=1S/C27H36O3/c1-24(2)11-8-12-26(4)21(24)16-20(30-23(29)18-9-6-5-7-10-18)19-15-22(28)25(3)13-14-27(19,26)17-25/h5-7,9-10,19-21H,8,11-17H2,1-4H3/t19-,20+,21-,25+,26-,27-/m0/s1. The van der Waals surface area contributed by atoms with E-state index in [-0.39, 0.29) is 39.7 Å². The van der Waals surface area contributed by atoms with Gasteiger partial charge in [0.05, 0.1) is 5.56 Å². The van der Waals surface area contributed by atoms with Gasteiger partial charge in [-0.1, -0.05) is 52.3 Å². The summed E-state index contributed by atoms with van der Waals surface area (Å²) in [6, 6.07) is 9.34. The van der Waals surface area contributed by atoms with Crippen LogP contribution in [0.25, 0.3) is 0 Å². The summed E-state index contributed by atoms with van der Waals surface area (Å²) in [5.41, 5.74) is 1.04. The van der Waals surface area contributed by atoms with Crippen molar-refractivity contribution in [3.63, 3.8) is 0 Å². The van der Waals surface area contributed by atoms with Crippen molar-refractivity contribution < 1.29 is 14.3 Å². The molecule has 0 aromatic heterocycles. The van der Waals surface area contributed by atoms with Crippen molar-refractivity contribution in [2.45, 2.75) is 85.2 Å². The topological polar surface area (TPSA) is 43.4 Å². The molecule has 0 aliphatic heterocycles. The van der Waals surface area contributed by atoms with Crippen molar-refractivity contribution in [2.24, 2.45) is 33.5 Å². The highest BCUT2D eigenvalue weighted by molar-refractivity contribution is 5.90. The predicted molar refractivity (Wildman–Crippen MR) is 117 cm³/mol. The van der Waals surface area contributed by atoms with Crippen LogP contribution in [0.15, 0.2) is 30.3 Å². The van der Waals surface area contributed by atoms with Gasteiger partial charge in [-0.15, -0.1) is 0 Å². The van der Waals surface area contributed by atoms with Crippen LogP contribution in [-0.2, 0) is 9.53 Å². The molecule has 0 N–H and O–H groups in total. The van der Waals surface area contributed by atoms with E-state index in [2.05, 4.69) is 27.7 Å². The van der Waals surface area contributed by atoms with Gasteiger partial charge in [0.2, 0.25) is 0 Å². The molecule has 0 saturated heterocycles. The SMILES string of the molecule is CC1(C)CCC[C@@]2(C)[C@H]1C[C@@H](OC(=O)c1ccccc1)[C@@H]1CC(=O)[C@]3(C)CC[C@]12C3. The number of hydrogen-bond acceptors (Lipinski definition) is 3. The lowest BCUT2D eigenvalue weighted by molar-refractivity contribution is -0.209. The van der Waals surface area contributed by atoms with E-state index in [0.29, 0.717) is 23.7 Å². The highest BCUT2D eigenvalue weighted by Crippen LogP contribution is 2.75. The van der Waals surface area contributed by atoms with Gasteiger partial charge in [0, 0.05) is 17.8 Å². The van der Waals surface area contributed by atoms with E-state index >= 15 is 0 Å². The Morgan fingerprint density at radius 1 is 1.00 bits per heavy atom. The molecule has 0 heterocycles. The van der Waals surface area contributed by atoms with E-state index in [1.165, 1.54) is 19.3 Å². The normalized spacial score (nSPS) is 44.1. The summed E-state index contributed by atoms with van der Waals surface area (Å²) in [6.45, 7) is 9.57. The minimum Gasteiger partial charge on any atom is -0.458 e. The number of benzene rings is 1. The molecule has 4 fully saturated rings. The van der Waals surface area contributed by atoms with Gasteiger partial charge in [-0.05, 0) is 72.8 Å². The van der Waals surface area contributed by atoms with E-state index < -0.39 is 0 Å². The lowest BCUT2D eigenvalue weighted by atomic mass is 9.38. The van der Waals surface area contributed by atoms with Gasteiger partial charge in [0.1, 0.15) is 11.9 Å². The van der Waals surface area contributed by atoms with Gasteiger partial charge in [-0.2, -0.15) is 0 Å². The molecule has 1 aromatic rings. The molecular formula is C27H36O3. The Labute approximate surface area is 181 Å². The molecule has 162 valence electrons. The molecule has 1 spiro atoms. The van der Waals surface area contributed by atoms with Crippen molar-refractivity contribution >= 4 is 11.8 Å².